The number of aryl methyl sites for hydroxylation is 1. The van der Waals surface area contributed by atoms with Gasteiger partial charge in [0.25, 0.3) is 5.82 Å². The number of unbranched alkanes of at least 4 members (excludes halogenated alkanes) is 21. The molecule has 0 aliphatic rings. The molecule has 1 heterocycles. The van der Waals surface area contributed by atoms with Crippen LogP contribution >= 0.6 is 0 Å². The van der Waals surface area contributed by atoms with Gasteiger partial charge in [0.05, 0.1) is 6.54 Å². The minimum absolute atomic E-state index is 1.17. The molecule has 0 unspecified atom stereocenters. The van der Waals surface area contributed by atoms with Crippen molar-refractivity contribution in [1.82, 2.24) is 4.57 Å². The van der Waals surface area contributed by atoms with E-state index in [-0.39, 0.29) is 0 Å². The van der Waals surface area contributed by atoms with E-state index < -0.39 is 0 Å². The summed E-state index contributed by atoms with van der Waals surface area (Å²) < 4.78 is 4.99. The van der Waals surface area contributed by atoms with Gasteiger partial charge in [0.15, 0.2) is 0 Å². The summed E-state index contributed by atoms with van der Waals surface area (Å²) >= 11 is 0. The van der Waals surface area contributed by atoms with Gasteiger partial charge in [-0.25, -0.2) is 4.57 Å². The molecule has 0 aliphatic carbocycles. The smallest absolute Gasteiger partial charge is 0.234 e. The molecule has 0 radical (unpaired) electrons. The minimum Gasteiger partial charge on any atom is -0.234 e. The number of aromatic nitrogens is 2. The van der Waals surface area contributed by atoms with Gasteiger partial charge >= 0.3 is 0 Å². The van der Waals surface area contributed by atoms with E-state index in [0.29, 0.717) is 0 Å². The second kappa shape index (κ2) is 23.3. The summed E-state index contributed by atoms with van der Waals surface area (Å²) in [5, 5.41) is 0. The number of rotatable bonds is 26. The highest BCUT2D eigenvalue weighted by atomic mass is 15.1. The molecule has 0 N–H and O–H groups in total. The first-order chi connectivity index (χ1) is 18.9. The zero-order chi connectivity index (χ0) is 26.9. The van der Waals surface area contributed by atoms with Gasteiger partial charge in [0.2, 0.25) is 0 Å². The summed E-state index contributed by atoms with van der Waals surface area (Å²) in [5.41, 5.74) is 1.30. The average molecular weight is 524 g/mol. The summed E-state index contributed by atoms with van der Waals surface area (Å²) in [6.45, 7) is 5.78. The van der Waals surface area contributed by atoms with E-state index in [1.54, 1.807) is 0 Å². The molecule has 0 fully saturated rings. The number of hydrogen-bond donors (Lipinski definition) is 0. The van der Waals surface area contributed by atoms with Crippen LogP contribution in [0.2, 0.25) is 0 Å². The molecule has 0 amide bonds. The van der Waals surface area contributed by atoms with Crippen molar-refractivity contribution in [1.29, 1.82) is 0 Å². The van der Waals surface area contributed by atoms with Crippen molar-refractivity contribution in [2.75, 3.05) is 0 Å². The van der Waals surface area contributed by atoms with Crippen molar-refractivity contribution < 1.29 is 4.57 Å². The molecule has 0 saturated heterocycles. The Morgan fingerprint density at radius 2 is 0.921 bits per heavy atom. The fourth-order valence-corrected chi connectivity index (χ4v) is 5.82. The van der Waals surface area contributed by atoms with Crippen LogP contribution in [0.25, 0.3) is 5.69 Å². The SMILES string of the molecule is CCCCCCCCCCCCCCCCc1n(-c2ccccc2)cc[n+]1CCCCCCCCCCC. The monoisotopic (exact) mass is 523 g/mol. The molecule has 216 valence electrons. The number of imidazole rings is 1. The number of para-hydroxylation sites is 1. The Bertz CT molecular complexity index is 763. The zero-order valence-corrected chi connectivity index (χ0v) is 25.6. The number of nitrogens with zero attached hydrogens (tertiary/aromatic N) is 2. The van der Waals surface area contributed by atoms with Crippen LogP contribution in [0, 0.1) is 0 Å². The molecule has 2 rings (SSSR count). The van der Waals surface area contributed by atoms with E-state index in [1.165, 1.54) is 172 Å². The highest BCUT2D eigenvalue weighted by molar-refractivity contribution is 5.31. The molecule has 0 aliphatic heterocycles. The molecule has 0 atom stereocenters. The Hall–Kier alpha value is -1.57. The fourth-order valence-electron chi connectivity index (χ4n) is 5.82. The molecule has 2 nitrogen and oxygen atoms in total. The van der Waals surface area contributed by atoms with Gasteiger partial charge in [-0.05, 0) is 31.4 Å². The van der Waals surface area contributed by atoms with Crippen molar-refractivity contribution in [2.24, 2.45) is 0 Å². The van der Waals surface area contributed by atoms with Crippen LogP contribution in [0.5, 0.6) is 0 Å². The fraction of sp³-hybridized carbons (Fsp3) is 0.750. The maximum atomic E-state index is 2.55. The maximum Gasteiger partial charge on any atom is 0.261 e. The predicted octanol–water partition coefficient (Wildman–Crippen LogP) is 11.3. The minimum atomic E-state index is 1.17. The zero-order valence-electron chi connectivity index (χ0n) is 25.6. The van der Waals surface area contributed by atoms with Gasteiger partial charge in [0, 0.05) is 6.42 Å². The van der Waals surface area contributed by atoms with Crippen LogP contribution in [0.4, 0.5) is 0 Å². The summed E-state index contributed by atoms with van der Waals surface area (Å²) in [6, 6.07) is 10.9. The third-order valence-corrected chi connectivity index (χ3v) is 8.30. The lowest BCUT2D eigenvalue weighted by Crippen LogP contribution is -2.37. The van der Waals surface area contributed by atoms with Crippen molar-refractivity contribution in [2.45, 2.75) is 174 Å². The summed E-state index contributed by atoms with van der Waals surface area (Å²) in [5.74, 6) is 1.50. The second-order valence-electron chi connectivity index (χ2n) is 11.8. The lowest BCUT2D eigenvalue weighted by atomic mass is 10.0. The van der Waals surface area contributed by atoms with Crippen molar-refractivity contribution in [3.63, 3.8) is 0 Å². The summed E-state index contributed by atoms with van der Waals surface area (Å²) in [6.07, 6.45) is 38.3. The number of benzene rings is 1. The van der Waals surface area contributed by atoms with Crippen LogP contribution in [0.3, 0.4) is 0 Å². The third-order valence-electron chi connectivity index (χ3n) is 8.30. The maximum absolute atomic E-state index is 2.55. The summed E-state index contributed by atoms with van der Waals surface area (Å²) in [4.78, 5) is 0. The lowest BCUT2D eigenvalue weighted by molar-refractivity contribution is -0.704. The molecule has 2 aromatic rings. The highest BCUT2D eigenvalue weighted by Gasteiger charge is 2.18. The molecule has 1 aromatic carbocycles. The van der Waals surface area contributed by atoms with Gasteiger partial charge in [-0.3, -0.25) is 0 Å². The predicted molar refractivity (Wildman–Crippen MR) is 167 cm³/mol. The van der Waals surface area contributed by atoms with E-state index in [1.807, 2.05) is 0 Å². The van der Waals surface area contributed by atoms with Gasteiger partial charge in [0.1, 0.15) is 18.1 Å². The van der Waals surface area contributed by atoms with Crippen LogP contribution in [0.1, 0.15) is 167 Å². The van der Waals surface area contributed by atoms with E-state index >= 15 is 0 Å². The van der Waals surface area contributed by atoms with Crippen LogP contribution < -0.4 is 4.57 Å². The Kier molecular flexibility index (Phi) is 20.0. The third kappa shape index (κ3) is 15.1. The van der Waals surface area contributed by atoms with Gasteiger partial charge in [-0.2, -0.15) is 4.57 Å². The van der Waals surface area contributed by atoms with Crippen molar-refractivity contribution >= 4 is 0 Å². The lowest BCUT2D eigenvalue weighted by Gasteiger charge is -2.07. The van der Waals surface area contributed by atoms with Gasteiger partial charge < -0.3 is 0 Å². The first-order valence-corrected chi connectivity index (χ1v) is 17.0. The summed E-state index contributed by atoms with van der Waals surface area (Å²) in [7, 11) is 0. The van der Waals surface area contributed by atoms with Crippen molar-refractivity contribution in [3.05, 3.63) is 48.5 Å². The van der Waals surface area contributed by atoms with E-state index in [4.69, 9.17) is 0 Å². The normalized spacial score (nSPS) is 11.4. The van der Waals surface area contributed by atoms with Crippen molar-refractivity contribution in [3.8, 4) is 5.69 Å². The molecular formula is C36H63N2+. The molecular weight excluding hydrogens is 460 g/mol. The Morgan fingerprint density at radius 3 is 1.39 bits per heavy atom. The van der Waals surface area contributed by atoms with E-state index in [2.05, 4.69) is 65.7 Å². The van der Waals surface area contributed by atoms with Gasteiger partial charge in [-0.1, -0.05) is 160 Å². The molecule has 0 spiro atoms. The molecule has 0 saturated carbocycles. The van der Waals surface area contributed by atoms with Crippen LogP contribution in [-0.2, 0) is 13.0 Å². The Balaban J connectivity index is 1.63. The molecule has 38 heavy (non-hydrogen) atoms. The number of hydrogen-bond acceptors (Lipinski definition) is 0. The standard InChI is InChI=1S/C36H63N2/c1-3-5-7-9-11-13-14-15-16-17-18-20-22-27-31-36-37(32-28-23-21-19-12-10-8-6-4-2)33-34-38(36)35-29-25-24-26-30-35/h24-26,29-30,33-34H,3-23,27-28,31-32H2,1-2H3/q+1. The highest BCUT2D eigenvalue weighted by Crippen LogP contribution is 2.16. The first kappa shape index (κ1) is 32.6. The van der Waals surface area contributed by atoms with E-state index in [9.17, 15) is 0 Å². The topological polar surface area (TPSA) is 8.81 Å². The first-order valence-electron chi connectivity index (χ1n) is 17.0. The quantitative estimate of drug-likeness (QED) is 0.0856. The van der Waals surface area contributed by atoms with E-state index in [0.717, 1.165) is 0 Å². The second-order valence-corrected chi connectivity index (χ2v) is 11.8. The molecule has 0 bridgehead atoms. The van der Waals surface area contributed by atoms with Crippen LogP contribution in [-0.4, -0.2) is 4.57 Å². The Morgan fingerprint density at radius 1 is 0.500 bits per heavy atom. The largest absolute Gasteiger partial charge is 0.261 e. The molecule has 1 aromatic heterocycles. The molecule has 2 heteroatoms. The average Bonchev–Trinajstić information content (AvgIpc) is 3.35. The van der Waals surface area contributed by atoms with Crippen LogP contribution in [0.15, 0.2) is 42.7 Å². The van der Waals surface area contributed by atoms with Gasteiger partial charge in [-0.15, -0.1) is 0 Å². The Labute approximate surface area is 237 Å².